The van der Waals surface area contributed by atoms with Crippen LogP contribution in [-0.2, 0) is 6.54 Å². The fourth-order valence-corrected chi connectivity index (χ4v) is 4.26. The van der Waals surface area contributed by atoms with Crippen LogP contribution in [0.15, 0.2) is 42.5 Å². The van der Waals surface area contributed by atoms with Crippen LogP contribution in [0, 0.1) is 5.41 Å². The summed E-state index contributed by atoms with van der Waals surface area (Å²) in [6.07, 6.45) is 0.936. The van der Waals surface area contributed by atoms with Gasteiger partial charge in [0, 0.05) is 23.5 Å². The number of likely N-dealkylation sites (tertiary alicyclic amines) is 1. The summed E-state index contributed by atoms with van der Waals surface area (Å²) in [5.74, 6) is -0.130. The zero-order valence-corrected chi connectivity index (χ0v) is 18.5. The number of alkyl halides is 1. The highest BCUT2D eigenvalue weighted by molar-refractivity contribution is 6.30. The minimum absolute atomic E-state index is 0.200. The molecule has 1 fully saturated rings. The molecular weight excluding hydrogens is 409 g/mol. The third-order valence-corrected chi connectivity index (χ3v) is 6.66. The van der Waals surface area contributed by atoms with Crippen molar-refractivity contribution in [3.05, 3.63) is 58.6 Å². The van der Waals surface area contributed by atoms with Gasteiger partial charge in [0.15, 0.2) is 5.75 Å². The average molecular weight is 436 g/mol. The number of hydrogen-bond acceptors (Lipinski definition) is 4. The van der Waals surface area contributed by atoms with Gasteiger partial charge in [0.05, 0.1) is 18.4 Å². The SMILES string of the molecule is COc1c(NC(C)(Cl)C2(C)CCN(Cc3ccc(Cl)cc3)C2)cccc1C(N)=O. The lowest BCUT2D eigenvalue weighted by atomic mass is 9.81. The van der Waals surface area contributed by atoms with Gasteiger partial charge in [0.1, 0.15) is 5.00 Å². The van der Waals surface area contributed by atoms with Gasteiger partial charge in [0.25, 0.3) is 5.91 Å². The van der Waals surface area contributed by atoms with Gasteiger partial charge in [-0.15, -0.1) is 0 Å². The maximum absolute atomic E-state index is 11.7. The standard InChI is InChI=1S/C22H27Cl2N3O2/c1-21(11-12-27(14-21)13-15-7-9-16(23)10-8-15)22(2,24)26-18-6-4-5-17(20(25)28)19(18)29-3/h4-10,26H,11-14H2,1-3H3,(H2,25,28). The number of ether oxygens (including phenoxy) is 1. The largest absolute Gasteiger partial charge is 0.494 e. The van der Waals surface area contributed by atoms with Crippen molar-refractivity contribution in [2.75, 3.05) is 25.5 Å². The van der Waals surface area contributed by atoms with Crippen molar-refractivity contribution < 1.29 is 9.53 Å². The molecule has 3 N–H and O–H groups in total. The van der Waals surface area contributed by atoms with Crippen LogP contribution in [0.25, 0.3) is 0 Å². The number of nitrogens with one attached hydrogen (secondary N) is 1. The lowest BCUT2D eigenvalue weighted by Gasteiger charge is -2.41. The first-order valence-electron chi connectivity index (χ1n) is 9.56. The summed E-state index contributed by atoms with van der Waals surface area (Å²) in [6.45, 7) is 6.78. The number of halogens is 2. The Bertz CT molecular complexity index is 886. The Morgan fingerprint density at radius 2 is 2.00 bits per heavy atom. The molecule has 2 unspecified atom stereocenters. The Morgan fingerprint density at radius 3 is 2.62 bits per heavy atom. The van der Waals surface area contributed by atoms with E-state index >= 15 is 0 Å². The van der Waals surface area contributed by atoms with Gasteiger partial charge in [-0.1, -0.05) is 48.3 Å². The quantitative estimate of drug-likeness (QED) is 0.487. The Labute approximate surface area is 182 Å². The molecule has 0 spiro atoms. The van der Waals surface area contributed by atoms with Crippen molar-refractivity contribution in [1.29, 1.82) is 0 Å². The highest BCUT2D eigenvalue weighted by atomic mass is 35.5. The number of nitrogens with zero attached hydrogens (tertiary/aromatic N) is 1. The Hall–Kier alpha value is -1.95. The molecule has 0 bridgehead atoms. The van der Waals surface area contributed by atoms with Crippen molar-refractivity contribution >= 4 is 34.8 Å². The second-order valence-electron chi connectivity index (χ2n) is 8.03. The summed E-state index contributed by atoms with van der Waals surface area (Å²) in [6, 6.07) is 13.2. The molecule has 3 rings (SSSR count). The third-order valence-electron chi connectivity index (χ3n) is 5.86. The van der Waals surface area contributed by atoms with Gasteiger partial charge in [-0.25, -0.2) is 0 Å². The molecule has 29 heavy (non-hydrogen) atoms. The van der Waals surface area contributed by atoms with E-state index in [1.165, 1.54) is 12.7 Å². The highest BCUT2D eigenvalue weighted by Crippen LogP contribution is 2.46. The van der Waals surface area contributed by atoms with E-state index < -0.39 is 10.9 Å². The number of para-hydroxylation sites is 1. The van der Waals surface area contributed by atoms with E-state index in [9.17, 15) is 4.79 Å². The van der Waals surface area contributed by atoms with Crippen molar-refractivity contribution in [2.45, 2.75) is 31.8 Å². The van der Waals surface area contributed by atoms with E-state index in [-0.39, 0.29) is 5.41 Å². The summed E-state index contributed by atoms with van der Waals surface area (Å²) in [5.41, 5.74) is 7.47. The van der Waals surface area contributed by atoms with E-state index in [2.05, 4.69) is 29.3 Å². The fourth-order valence-electron chi connectivity index (χ4n) is 3.88. The van der Waals surface area contributed by atoms with Gasteiger partial charge in [0.2, 0.25) is 0 Å². The van der Waals surface area contributed by atoms with Gasteiger partial charge in [-0.05, 0) is 49.7 Å². The molecule has 2 aromatic rings. The van der Waals surface area contributed by atoms with E-state index in [0.29, 0.717) is 17.0 Å². The molecule has 1 saturated heterocycles. The second kappa shape index (κ2) is 8.42. The van der Waals surface area contributed by atoms with Crippen molar-refractivity contribution in [1.82, 2.24) is 4.90 Å². The Balaban J connectivity index is 1.76. The normalized spacial score (nSPS) is 21.6. The number of anilines is 1. The van der Waals surface area contributed by atoms with Gasteiger partial charge < -0.3 is 15.8 Å². The number of hydrogen-bond donors (Lipinski definition) is 2. The number of carbonyl (C=O) groups excluding carboxylic acids is 1. The second-order valence-corrected chi connectivity index (χ2v) is 9.22. The fraction of sp³-hybridized carbons (Fsp3) is 0.409. The van der Waals surface area contributed by atoms with Crippen molar-refractivity contribution in [2.24, 2.45) is 11.1 Å². The number of carbonyl (C=O) groups is 1. The number of nitrogens with two attached hydrogens (primary N) is 1. The van der Waals surface area contributed by atoms with E-state index in [4.69, 9.17) is 33.7 Å². The molecule has 1 amide bonds. The van der Waals surface area contributed by atoms with Crippen LogP contribution in [0.3, 0.4) is 0 Å². The van der Waals surface area contributed by atoms with Gasteiger partial charge >= 0.3 is 0 Å². The van der Waals surface area contributed by atoms with Crippen LogP contribution in [0.1, 0.15) is 36.2 Å². The number of rotatable bonds is 7. The molecule has 7 heteroatoms. The lowest BCUT2D eigenvalue weighted by Crippen LogP contribution is -2.47. The molecule has 0 aliphatic carbocycles. The highest BCUT2D eigenvalue weighted by Gasteiger charge is 2.48. The van der Waals surface area contributed by atoms with E-state index in [0.717, 1.165) is 31.1 Å². The molecule has 1 aliphatic rings. The number of primary amides is 1. The first-order chi connectivity index (χ1) is 13.6. The summed E-state index contributed by atoms with van der Waals surface area (Å²) in [5, 5.41) is 4.14. The van der Waals surface area contributed by atoms with Crippen LogP contribution in [0.4, 0.5) is 5.69 Å². The monoisotopic (exact) mass is 435 g/mol. The molecule has 2 aromatic carbocycles. The Morgan fingerprint density at radius 1 is 1.31 bits per heavy atom. The number of amides is 1. The number of methoxy groups -OCH3 is 1. The van der Waals surface area contributed by atoms with Crippen LogP contribution in [-0.4, -0.2) is 36.0 Å². The summed E-state index contributed by atoms with van der Waals surface area (Å²) in [4.78, 5) is 13.4. The molecule has 5 nitrogen and oxygen atoms in total. The summed E-state index contributed by atoms with van der Waals surface area (Å²) in [7, 11) is 1.52. The zero-order chi connectivity index (χ0) is 21.2. The van der Waals surface area contributed by atoms with Crippen molar-refractivity contribution in [3.8, 4) is 5.75 Å². The first kappa shape index (κ1) is 21.8. The third kappa shape index (κ3) is 4.63. The van der Waals surface area contributed by atoms with E-state index in [1.807, 2.05) is 25.1 Å². The minimum Gasteiger partial charge on any atom is -0.494 e. The lowest BCUT2D eigenvalue weighted by molar-refractivity contribution is 0.0997. The summed E-state index contributed by atoms with van der Waals surface area (Å²) < 4.78 is 5.45. The maximum Gasteiger partial charge on any atom is 0.252 e. The van der Waals surface area contributed by atoms with Crippen molar-refractivity contribution in [3.63, 3.8) is 0 Å². The molecule has 156 valence electrons. The summed E-state index contributed by atoms with van der Waals surface area (Å²) >= 11 is 13.0. The predicted molar refractivity (Wildman–Crippen MR) is 119 cm³/mol. The first-order valence-corrected chi connectivity index (χ1v) is 10.3. The van der Waals surface area contributed by atoms with E-state index in [1.54, 1.807) is 12.1 Å². The molecule has 1 heterocycles. The van der Waals surface area contributed by atoms with Gasteiger partial charge in [-0.2, -0.15) is 0 Å². The zero-order valence-electron chi connectivity index (χ0n) is 17.0. The smallest absolute Gasteiger partial charge is 0.252 e. The minimum atomic E-state index is -0.759. The molecule has 0 aromatic heterocycles. The van der Waals surface area contributed by atoms with Crippen LogP contribution in [0.2, 0.25) is 5.02 Å². The molecule has 1 aliphatic heterocycles. The molecule has 0 radical (unpaired) electrons. The van der Waals surface area contributed by atoms with Crippen LogP contribution in [0.5, 0.6) is 5.75 Å². The topological polar surface area (TPSA) is 67.6 Å². The molecular formula is C22H27Cl2N3O2. The van der Waals surface area contributed by atoms with Crippen LogP contribution >= 0.6 is 23.2 Å². The maximum atomic E-state index is 11.7. The Kier molecular flexibility index (Phi) is 6.32. The average Bonchev–Trinajstić information content (AvgIpc) is 3.05. The molecule has 2 atom stereocenters. The predicted octanol–water partition coefficient (Wildman–Crippen LogP) is 4.73. The van der Waals surface area contributed by atoms with Gasteiger partial charge in [-0.3, -0.25) is 9.69 Å². The number of benzene rings is 2. The molecule has 0 saturated carbocycles. The van der Waals surface area contributed by atoms with Crippen LogP contribution < -0.4 is 15.8 Å².